The summed E-state index contributed by atoms with van der Waals surface area (Å²) in [4.78, 5) is 23.2. The molecule has 2 aromatic carbocycles. The fraction of sp³-hybridized carbons (Fsp3) is 0.0556. The maximum Gasteiger partial charge on any atom is 0.260 e. The molecule has 0 bridgehead atoms. The minimum absolute atomic E-state index is 0.181. The van der Waals surface area contributed by atoms with Crippen LogP contribution < -0.4 is 10.3 Å². The zero-order chi connectivity index (χ0) is 15.6. The van der Waals surface area contributed by atoms with Crippen LogP contribution in [0.5, 0.6) is 5.75 Å². The van der Waals surface area contributed by atoms with Crippen molar-refractivity contribution in [2.24, 2.45) is 0 Å². The first-order chi connectivity index (χ1) is 11.3. The molecule has 4 rings (SSSR count). The number of rotatable bonds is 3. The van der Waals surface area contributed by atoms with Gasteiger partial charge in [-0.15, -0.1) is 0 Å². The Labute approximate surface area is 131 Å². The topological polar surface area (TPSA) is 67.9 Å². The van der Waals surface area contributed by atoms with Crippen molar-refractivity contribution >= 4 is 21.8 Å². The minimum Gasteiger partial charge on any atom is -0.486 e. The molecule has 0 fully saturated rings. The summed E-state index contributed by atoms with van der Waals surface area (Å²) in [6, 6.07) is 17.3. The molecule has 1 N–H and O–H groups in total. The largest absolute Gasteiger partial charge is 0.486 e. The highest BCUT2D eigenvalue weighted by atomic mass is 16.5. The number of nitrogens with one attached hydrogen (secondary N) is 1. The van der Waals surface area contributed by atoms with Crippen LogP contribution in [0.15, 0.2) is 65.6 Å². The normalized spacial score (nSPS) is 11.0. The van der Waals surface area contributed by atoms with Crippen LogP contribution in [0.4, 0.5) is 0 Å². The number of pyridine rings is 1. The molecule has 5 heteroatoms. The van der Waals surface area contributed by atoms with E-state index in [0.29, 0.717) is 16.9 Å². The highest BCUT2D eigenvalue weighted by molar-refractivity contribution is 5.83. The fourth-order valence-corrected chi connectivity index (χ4v) is 2.49. The number of aromatic nitrogens is 3. The Morgan fingerprint density at radius 2 is 1.87 bits per heavy atom. The Kier molecular flexibility index (Phi) is 3.24. The lowest BCUT2D eigenvalue weighted by atomic mass is 10.1. The van der Waals surface area contributed by atoms with E-state index in [2.05, 4.69) is 15.0 Å². The predicted molar refractivity (Wildman–Crippen MR) is 88.4 cm³/mol. The maximum atomic E-state index is 12.0. The lowest BCUT2D eigenvalue weighted by Crippen LogP contribution is -2.14. The zero-order valence-electron chi connectivity index (χ0n) is 12.2. The second kappa shape index (κ2) is 5.53. The minimum atomic E-state index is -0.208. The maximum absolute atomic E-state index is 12.0. The van der Waals surface area contributed by atoms with E-state index in [4.69, 9.17) is 4.74 Å². The summed E-state index contributed by atoms with van der Waals surface area (Å²) in [6.45, 7) is 0.181. The molecule has 4 aromatic rings. The first-order valence-electron chi connectivity index (χ1n) is 7.25. The van der Waals surface area contributed by atoms with E-state index < -0.39 is 0 Å². The van der Waals surface area contributed by atoms with Crippen LogP contribution in [-0.4, -0.2) is 15.0 Å². The van der Waals surface area contributed by atoms with Gasteiger partial charge in [0.25, 0.3) is 5.56 Å². The number of aromatic amines is 1. The second-order valence-electron chi connectivity index (χ2n) is 5.18. The molecule has 2 heterocycles. The van der Waals surface area contributed by atoms with Crippen molar-refractivity contribution in [2.45, 2.75) is 6.61 Å². The van der Waals surface area contributed by atoms with Crippen LogP contribution in [0.25, 0.3) is 21.8 Å². The van der Waals surface area contributed by atoms with Crippen molar-refractivity contribution in [1.82, 2.24) is 15.0 Å². The molecular weight excluding hydrogens is 290 g/mol. The molecule has 5 nitrogen and oxygen atoms in total. The quantitative estimate of drug-likeness (QED) is 0.631. The molecule has 0 aliphatic carbocycles. The number of benzene rings is 2. The predicted octanol–water partition coefficient (Wildman–Crippen LogP) is 3.05. The highest BCUT2D eigenvalue weighted by Gasteiger charge is 2.05. The number of nitrogens with zero attached hydrogens (tertiary/aromatic N) is 2. The Hall–Kier alpha value is -3.21. The molecule has 23 heavy (non-hydrogen) atoms. The molecular formula is C18H13N3O2. The third kappa shape index (κ3) is 2.64. The lowest BCUT2D eigenvalue weighted by molar-refractivity contribution is 0.296. The highest BCUT2D eigenvalue weighted by Crippen LogP contribution is 2.21. The van der Waals surface area contributed by atoms with Gasteiger partial charge in [0.05, 0.1) is 5.39 Å². The van der Waals surface area contributed by atoms with E-state index in [1.54, 1.807) is 18.3 Å². The summed E-state index contributed by atoms with van der Waals surface area (Å²) >= 11 is 0. The third-order valence-electron chi connectivity index (χ3n) is 3.63. The summed E-state index contributed by atoms with van der Waals surface area (Å²) in [5.41, 5.74) is 0.216. The monoisotopic (exact) mass is 303 g/mol. The average Bonchev–Trinajstić information content (AvgIpc) is 2.60. The van der Waals surface area contributed by atoms with Gasteiger partial charge in [0.2, 0.25) is 0 Å². The summed E-state index contributed by atoms with van der Waals surface area (Å²) in [7, 11) is 0. The summed E-state index contributed by atoms with van der Waals surface area (Å²) in [5, 5.41) is 2.73. The van der Waals surface area contributed by atoms with E-state index in [0.717, 1.165) is 16.5 Å². The van der Waals surface area contributed by atoms with Crippen molar-refractivity contribution in [3.63, 3.8) is 0 Å². The third-order valence-corrected chi connectivity index (χ3v) is 3.63. The molecule has 0 aliphatic heterocycles. The molecule has 0 aliphatic rings. The lowest BCUT2D eigenvalue weighted by Gasteiger charge is -2.07. The summed E-state index contributed by atoms with van der Waals surface area (Å²) < 4.78 is 5.74. The Balaban J connectivity index is 1.61. The Morgan fingerprint density at radius 1 is 1.00 bits per heavy atom. The van der Waals surface area contributed by atoms with Gasteiger partial charge in [0, 0.05) is 6.20 Å². The molecule has 0 saturated carbocycles. The number of fused-ring (bicyclic) bond motifs is 2. The van der Waals surface area contributed by atoms with Gasteiger partial charge < -0.3 is 9.72 Å². The van der Waals surface area contributed by atoms with Crippen molar-refractivity contribution in [1.29, 1.82) is 0 Å². The second-order valence-corrected chi connectivity index (χ2v) is 5.18. The Morgan fingerprint density at radius 3 is 2.78 bits per heavy atom. The molecule has 0 spiro atoms. The summed E-state index contributed by atoms with van der Waals surface area (Å²) in [5.74, 6) is 1.18. The van der Waals surface area contributed by atoms with Crippen LogP contribution in [0, 0.1) is 0 Å². The fourth-order valence-electron chi connectivity index (χ4n) is 2.49. The molecule has 0 radical (unpaired) electrons. The van der Waals surface area contributed by atoms with Gasteiger partial charge in [-0.2, -0.15) is 0 Å². The zero-order valence-corrected chi connectivity index (χ0v) is 12.2. The average molecular weight is 303 g/mol. The van der Waals surface area contributed by atoms with E-state index in [1.807, 2.05) is 42.5 Å². The number of H-pyrrole nitrogens is 1. The SMILES string of the molecule is O=c1[nH]c(COc2ccc3ccccc3c2)nc2ncccc12. The van der Waals surface area contributed by atoms with Gasteiger partial charge in [0.15, 0.2) is 5.65 Å². The van der Waals surface area contributed by atoms with Gasteiger partial charge in [-0.05, 0) is 35.0 Å². The van der Waals surface area contributed by atoms with Crippen molar-refractivity contribution < 1.29 is 4.74 Å². The number of ether oxygens (including phenoxy) is 1. The summed E-state index contributed by atoms with van der Waals surface area (Å²) in [6.07, 6.45) is 1.61. The smallest absolute Gasteiger partial charge is 0.260 e. The van der Waals surface area contributed by atoms with Gasteiger partial charge in [-0.25, -0.2) is 9.97 Å². The van der Waals surface area contributed by atoms with Crippen LogP contribution in [0.2, 0.25) is 0 Å². The van der Waals surface area contributed by atoms with Crippen molar-refractivity contribution in [2.75, 3.05) is 0 Å². The molecule has 2 aromatic heterocycles. The first-order valence-corrected chi connectivity index (χ1v) is 7.25. The molecule has 0 unspecified atom stereocenters. The van der Waals surface area contributed by atoms with Gasteiger partial charge in [0.1, 0.15) is 18.2 Å². The van der Waals surface area contributed by atoms with Crippen molar-refractivity contribution in [3.8, 4) is 5.75 Å². The van der Waals surface area contributed by atoms with Crippen LogP contribution in [0.3, 0.4) is 0 Å². The van der Waals surface area contributed by atoms with Crippen LogP contribution in [0.1, 0.15) is 5.82 Å². The van der Waals surface area contributed by atoms with Crippen molar-refractivity contribution in [3.05, 3.63) is 77.0 Å². The van der Waals surface area contributed by atoms with Gasteiger partial charge in [-0.3, -0.25) is 4.79 Å². The number of hydrogen-bond acceptors (Lipinski definition) is 4. The Bertz CT molecular complexity index is 1060. The van der Waals surface area contributed by atoms with Crippen LogP contribution >= 0.6 is 0 Å². The van der Waals surface area contributed by atoms with E-state index in [1.165, 1.54) is 0 Å². The van der Waals surface area contributed by atoms with Gasteiger partial charge in [-0.1, -0.05) is 30.3 Å². The number of hydrogen-bond donors (Lipinski definition) is 1. The molecule has 0 saturated heterocycles. The van der Waals surface area contributed by atoms with Gasteiger partial charge >= 0.3 is 0 Å². The molecule has 112 valence electrons. The molecule has 0 atom stereocenters. The standard InChI is InChI=1S/C18H13N3O2/c22-18-15-6-3-9-19-17(15)20-16(21-18)11-23-14-8-7-12-4-1-2-5-13(12)10-14/h1-10H,11H2,(H,19,20,21,22). The molecule has 0 amide bonds. The van der Waals surface area contributed by atoms with E-state index in [-0.39, 0.29) is 12.2 Å². The van der Waals surface area contributed by atoms with E-state index in [9.17, 15) is 4.79 Å². The first kappa shape index (κ1) is 13.5. The van der Waals surface area contributed by atoms with E-state index >= 15 is 0 Å². The van der Waals surface area contributed by atoms with Crippen LogP contribution in [-0.2, 0) is 6.61 Å².